The third kappa shape index (κ3) is 2.38. The number of nitrogens with one attached hydrogen (secondary N) is 1. The molecule has 0 spiro atoms. The van der Waals surface area contributed by atoms with Crippen LogP contribution in [0.3, 0.4) is 0 Å². The second kappa shape index (κ2) is 3.72. The zero-order valence-corrected chi connectivity index (χ0v) is 5.99. The maximum Gasteiger partial charge on any atom is 0.222 e. The molecule has 1 heterocycles. The Labute approximate surface area is 64.3 Å². The molecule has 0 radical (unpaired) electrons. The first-order valence-corrected chi connectivity index (χ1v) is 3.28. The van der Waals surface area contributed by atoms with Crippen LogP contribution in [0.15, 0.2) is 12.4 Å². The van der Waals surface area contributed by atoms with Crippen molar-refractivity contribution in [2.24, 2.45) is 5.73 Å². The maximum absolute atomic E-state index is 8.80. The zero-order chi connectivity index (χ0) is 8.10. The minimum atomic E-state index is 0.0586. The first kappa shape index (κ1) is 7.74. The van der Waals surface area contributed by atoms with E-state index in [4.69, 9.17) is 10.8 Å². The summed E-state index contributed by atoms with van der Waals surface area (Å²) in [6, 6.07) is 0. The normalized spacial score (nSPS) is 9.55. The van der Waals surface area contributed by atoms with Gasteiger partial charge in [0.25, 0.3) is 0 Å². The van der Waals surface area contributed by atoms with Crippen LogP contribution in [0.5, 0.6) is 5.75 Å². The lowest BCUT2D eigenvalue weighted by atomic mass is 10.6. The standard InChI is InChI=1S/C6H10N4O/c7-1-2-8-6-9-3-5(11)4-10-6/h3-4,11H,1-2,7H2,(H,8,9,10). The summed E-state index contributed by atoms with van der Waals surface area (Å²) in [5, 5.41) is 11.7. The molecule has 0 aliphatic rings. The molecule has 1 aromatic heterocycles. The highest BCUT2D eigenvalue weighted by Crippen LogP contribution is 2.04. The number of aromatic nitrogens is 2. The fraction of sp³-hybridized carbons (Fsp3) is 0.333. The van der Waals surface area contributed by atoms with Crippen molar-refractivity contribution in [3.05, 3.63) is 12.4 Å². The van der Waals surface area contributed by atoms with Crippen LogP contribution in [0.25, 0.3) is 0 Å². The van der Waals surface area contributed by atoms with Crippen molar-refractivity contribution < 1.29 is 5.11 Å². The summed E-state index contributed by atoms with van der Waals surface area (Å²) < 4.78 is 0. The molecule has 1 aromatic rings. The average Bonchev–Trinajstić information content (AvgIpc) is 2.04. The Bertz CT molecular complexity index is 210. The lowest BCUT2D eigenvalue weighted by Crippen LogP contribution is -2.14. The second-order valence-electron chi connectivity index (χ2n) is 1.98. The third-order valence-electron chi connectivity index (χ3n) is 1.07. The number of nitrogens with zero attached hydrogens (tertiary/aromatic N) is 2. The average molecular weight is 154 g/mol. The van der Waals surface area contributed by atoms with Gasteiger partial charge in [-0.3, -0.25) is 0 Å². The van der Waals surface area contributed by atoms with Gasteiger partial charge in [0.1, 0.15) is 0 Å². The van der Waals surface area contributed by atoms with Gasteiger partial charge in [0.15, 0.2) is 5.75 Å². The van der Waals surface area contributed by atoms with Crippen molar-refractivity contribution in [2.45, 2.75) is 0 Å². The number of aromatic hydroxyl groups is 1. The highest BCUT2D eigenvalue weighted by atomic mass is 16.3. The van der Waals surface area contributed by atoms with Crippen LogP contribution in [-0.4, -0.2) is 28.2 Å². The number of rotatable bonds is 3. The topological polar surface area (TPSA) is 84.1 Å². The van der Waals surface area contributed by atoms with Crippen LogP contribution < -0.4 is 11.1 Å². The minimum absolute atomic E-state index is 0.0586. The number of nitrogens with two attached hydrogens (primary N) is 1. The van der Waals surface area contributed by atoms with Crippen LogP contribution in [0.1, 0.15) is 0 Å². The quantitative estimate of drug-likeness (QED) is 0.549. The second-order valence-corrected chi connectivity index (χ2v) is 1.98. The number of hydrogen-bond acceptors (Lipinski definition) is 5. The summed E-state index contributed by atoms with van der Waals surface area (Å²) in [6.07, 6.45) is 2.65. The van der Waals surface area contributed by atoms with E-state index in [2.05, 4.69) is 15.3 Å². The monoisotopic (exact) mass is 154 g/mol. The molecule has 0 bridgehead atoms. The number of anilines is 1. The van der Waals surface area contributed by atoms with Crippen molar-refractivity contribution in [1.82, 2.24) is 9.97 Å². The Morgan fingerprint density at radius 2 is 2.09 bits per heavy atom. The molecular formula is C6H10N4O. The van der Waals surface area contributed by atoms with E-state index in [-0.39, 0.29) is 5.75 Å². The Morgan fingerprint density at radius 3 is 2.64 bits per heavy atom. The first-order valence-electron chi connectivity index (χ1n) is 3.28. The van der Waals surface area contributed by atoms with Gasteiger partial charge in [-0.25, -0.2) is 9.97 Å². The highest BCUT2D eigenvalue weighted by Gasteiger charge is 1.92. The molecule has 0 saturated carbocycles. The molecular weight excluding hydrogens is 144 g/mol. The van der Waals surface area contributed by atoms with Gasteiger partial charge in [0.05, 0.1) is 12.4 Å². The Hall–Kier alpha value is -1.36. The molecule has 4 N–H and O–H groups in total. The Morgan fingerprint density at radius 1 is 1.45 bits per heavy atom. The van der Waals surface area contributed by atoms with E-state index in [1.807, 2.05) is 0 Å². The summed E-state index contributed by atoms with van der Waals surface area (Å²) in [7, 11) is 0. The summed E-state index contributed by atoms with van der Waals surface area (Å²) in [4.78, 5) is 7.58. The molecule has 0 atom stereocenters. The van der Waals surface area contributed by atoms with Crippen LogP contribution >= 0.6 is 0 Å². The predicted octanol–water partition coefficient (Wildman–Crippen LogP) is -0.447. The van der Waals surface area contributed by atoms with Crippen LogP contribution in [0.4, 0.5) is 5.95 Å². The van der Waals surface area contributed by atoms with E-state index in [1.165, 1.54) is 12.4 Å². The van der Waals surface area contributed by atoms with Gasteiger partial charge in [-0.15, -0.1) is 0 Å². The summed E-state index contributed by atoms with van der Waals surface area (Å²) in [5.41, 5.74) is 5.24. The van der Waals surface area contributed by atoms with E-state index in [9.17, 15) is 0 Å². The molecule has 0 amide bonds. The Kier molecular flexibility index (Phi) is 2.62. The van der Waals surface area contributed by atoms with Gasteiger partial charge in [-0.2, -0.15) is 0 Å². The summed E-state index contributed by atoms with van der Waals surface area (Å²) in [5.74, 6) is 0.538. The van der Waals surface area contributed by atoms with E-state index < -0.39 is 0 Å². The van der Waals surface area contributed by atoms with Gasteiger partial charge in [0, 0.05) is 13.1 Å². The smallest absolute Gasteiger partial charge is 0.222 e. The fourth-order valence-electron chi connectivity index (χ4n) is 0.596. The molecule has 60 valence electrons. The predicted molar refractivity (Wildman–Crippen MR) is 41.2 cm³/mol. The maximum atomic E-state index is 8.80. The van der Waals surface area contributed by atoms with E-state index in [0.717, 1.165) is 0 Å². The minimum Gasteiger partial charge on any atom is -0.505 e. The van der Waals surface area contributed by atoms with Gasteiger partial charge in [-0.05, 0) is 0 Å². The van der Waals surface area contributed by atoms with Gasteiger partial charge in [0.2, 0.25) is 5.95 Å². The van der Waals surface area contributed by atoms with Crippen molar-refractivity contribution in [2.75, 3.05) is 18.4 Å². The molecule has 0 fully saturated rings. The van der Waals surface area contributed by atoms with Crippen LogP contribution in [0.2, 0.25) is 0 Å². The summed E-state index contributed by atoms with van der Waals surface area (Å²) >= 11 is 0. The van der Waals surface area contributed by atoms with Crippen molar-refractivity contribution in [3.63, 3.8) is 0 Å². The molecule has 0 unspecified atom stereocenters. The molecule has 5 heteroatoms. The fourth-order valence-corrected chi connectivity index (χ4v) is 0.596. The highest BCUT2D eigenvalue weighted by molar-refractivity contribution is 5.25. The van der Waals surface area contributed by atoms with Gasteiger partial charge < -0.3 is 16.2 Å². The molecule has 0 aromatic carbocycles. The van der Waals surface area contributed by atoms with Gasteiger partial charge in [-0.1, -0.05) is 0 Å². The molecule has 0 aliphatic carbocycles. The van der Waals surface area contributed by atoms with E-state index >= 15 is 0 Å². The van der Waals surface area contributed by atoms with Crippen molar-refractivity contribution in [1.29, 1.82) is 0 Å². The molecule has 0 saturated heterocycles. The van der Waals surface area contributed by atoms with Crippen molar-refractivity contribution in [3.8, 4) is 5.75 Å². The first-order chi connectivity index (χ1) is 5.33. The zero-order valence-electron chi connectivity index (χ0n) is 5.99. The molecule has 1 rings (SSSR count). The third-order valence-corrected chi connectivity index (χ3v) is 1.07. The summed E-state index contributed by atoms with van der Waals surface area (Å²) in [6.45, 7) is 1.16. The lowest BCUT2D eigenvalue weighted by Gasteiger charge is -2.00. The molecule has 5 nitrogen and oxygen atoms in total. The van der Waals surface area contributed by atoms with E-state index in [0.29, 0.717) is 19.0 Å². The van der Waals surface area contributed by atoms with Crippen molar-refractivity contribution >= 4 is 5.95 Å². The molecule has 11 heavy (non-hydrogen) atoms. The van der Waals surface area contributed by atoms with Crippen LogP contribution in [0, 0.1) is 0 Å². The van der Waals surface area contributed by atoms with Crippen LogP contribution in [-0.2, 0) is 0 Å². The Balaban J connectivity index is 2.52. The van der Waals surface area contributed by atoms with E-state index in [1.54, 1.807) is 0 Å². The molecule has 0 aliphatic heterocycles. The largest absolute Gasteiger partial charge is 0.505 e. The number of hydrogen-bond donors (Lipinski definition) is 3. The lowest BCUT2D eigenvalue weighted by molar-refractivity contribution is 0.470. The SMILES string of the molecule is NCCNc1ncc(O)cn1. The van der Waals surface area contributed by atoms with Gasteiger partial charge >= 0.3 is 0 Å².